The largest absolute Gasteiger partial charge is 0.636 e. The molecule has 0 amide bonds. The third kappa shape index (κ3) is 5.71. The third-order valence-electron chi connectivity index (χ3n) is 10.5. The van der Waals surface area contributed by atoms with E-state index in [0.29, 0.717) is 12.1 Å². The van der Waals surface area contributed by atoms with Gasteiger partial charge in [0.15, 0.2) is 105 Å². The Balaban J connectivity index is 1.47. The molecule has 0 fully saturated rings. The Labute approximate surface area is 349 Å². The van der Waals surface area contributed by atoms with Crippen molar-refractivity contribution in [2.45, 2.75) is 0 Å². The SMILES string of the molecule is Fc1cc(F)c(F)c(-c2ccccc2OB(Oc2c(F)c(F)c(F)c3c(F)c4c(F)c(F)c(F)c(F)c4c(F)c23)c2c(F)c(F)c3c(F)c(F)c4c(F)c(F)c(F)c5c(F)c(F)c2c3c45)c1. The van der Waals surface area contributed by atoms with Crippen molar-refractivity contribution in [2.75, 3.05) is 0 Å². The molecular weight excluding hydrogens is 946 g/mol. The maximum absolute atomic E-state index is 16.7. The summed E-state index contributed by atoms with van der Waals surface area (Å²) in [6.07, 6.45) is 0. The fourth-order valence-electron chi connectivity index (χ4n) is 7.74. The minimum Gasteiger partial charge on any atom is -0.521 e. The highest BCUT2D eigenvalue weighted by Crippen LogP contribution is 2.47. The van der Waals surface area contributed by atoms with Crippen molar-refractivity contribution in [1.82, 2.24) is 0 Å². The first-order chi connectivity index (χ1) is 31.0. The van der Waals surface area contributed by atoms with E-state index in [0.717, 1.165) is 12.1 Å². The Morgan fingerprint density at radius 1 is 0.288 bits per heavy atom. The van der Waals surface area contributed by atoms with Gasteiger partial charge in [-0.25, -0.2) is 87.8 Å². The van der Waals surface area contributed by atoms with Gasteiger partial charge in [0.2, 0.25) is 5.82 Å². The van der Waals surface area contributed by atoms with E-state index in [1.165, 1.54) is 0 Å². The van der Waals surface area contributed by atoms with Crippen LogP contribution in [0.5, 0.6) is 11.5 Å². The lowest BCUT2D eigenvalue weighted by molar-refractivity contribution is 0.392. The van der Waals surface area contributed by atoms with Crippen LogP contribution in [-0.2, 0) is 0 Å². The second-order valence-corrected chi connectivity index (χ2v) is 14.0. The van der Waals surface area contributed by atoms with Gasteiger partial charge in [0, 0.05) is 33.4 Å². The molecule has 2 nitrogen and oxygen atoms in total. The molecular formula is C42H6BF21O2. The third-order valence-corrected chi connectivity index (χ3v) is 10.5. The van der Waals surface area contributed by atoms with Gasteiger partial charge in [-0.3, -0.25) is 0 Å². The summed E-state index contributed by atoms with van der Waals surface area (Å²) < 4.78 is 334. The van der Waals surface area contributed by atoms with Crippen LogP contribution in [0.1, 0.15) is 0 Å². The highest BCUT2D eigenvalue weighted by Gasteiger charge is 2.44. The van der Waals surface area contributed by atoms with E-state index in [-0.39, 0.29) is 12.1 Å². The van der Waals surface area contributed by atoms with Crippen LogP contribution in [0, 0.1) is 122 Å². The molecule has 336 valence electrons. The van der Waals surface area contributed by atoms with E-state index in [4.69, 9.17) is 9.31 Å². The number of fused-ring (bicyclic) bond motifs is 2. The average molecular weight is 952 g/mol. The van der Waals surface area contributed by atoms with Crippen molar-refractivity contribution in [3.63, 3.8) is 0 Å². The summed E-state index contributed by atoms with van der Waals surface area (Å²) in [4.78, 5) is 0. The van der Waals surface area contributed by atoms with Crippen molar-refractivity contribution in [3.8, 4) is 22.6 Å². The predicted molar refractivity (Wildman–Crippen MR) is 189 cm³/mol. The molecule has 9 rings (SSSR count). The fourth-order valence-corrected chi connectivity index (χ4v) is 7.74. The Kier molecular flexibility index (Phi) is 9.91. The van der Waals surface area contributed by atoms with Crippen LogP contribution >= 0.6 is 0 Å². The Hall–Kier alpha value is -7.27. The highest BCUT2D eigenvalue weighted by molar-refractivity contribution is 6.66. The molecule has 24 heteroatoms. The zero-order valence-corrected chi connectivity index (χ0v) is 30.8. The summed E-state index contributed by atoms with van der Waals surface area (Å²) >= 11 is 0. The first-order valence-corrected chi connectivity index (χ1v) is 17.6. The first-order valence-electron chi connectivity index (χ1n) is 17.6. The maximum atomic E-state index is 16.7. The molecule has 0 aliphatic rings. The number of hydrogen-bond acceptors (Lipinski definition) is 2. The predicted octanol–water partition coefficient (Wildman–Crippen LogP) is 13.3. The van der Waals surface area contributed by atoms with Crippen molar-refractivity contribution in [1.29, 1.82) is 0 Å². The molecule has 0 spiro atoms. The number of benzene rings is 9. The van der Waals surface area contributed by atoms with E-state index in [9.17, 15) is 26.3 Å². The van der Waals surface area contributed by atoms with Crippen molar-refractivity contribution >= 4 is 66.4 Å². The number of hydrogen-bond donors (Lipinski definition) is 0. The number of halogens is 21. The summed E-state index contributed by atoms with van der Waals surface area (Å²) in [5.74, 6) is -59.8. The fraction of sp³-hybridized carbons (Fsp3) is 0. The summed E-state index contributed by atoms with van der Waals surface area (Å²) in [5, 5.41) is -21.5. The van der Waals surface area contributed by atoms with E-state index < -0.39 is 211 Å². The van der Waals surface area contributed by atoms with Crippen LogP contribution in [0.25, 0.3) is 65.0 Å². The molecule has 9 aromatic carbocycles. The van der Waals surface area contributed by atoms with Gasteiger partial charge in [-0.15, -0.1) is 0 Å². The zero-order chi connectivity index (χ0) is 48.0. The van der Waals surface area contributed by atoms with Gasteiger partial charge in [-0.1, -0.05) is 18.2 Å². The molecule has 0 saturated carbocycles. The Morgan fingerprint density at radius 2 is 0.667 bits per heavy atom. The van der Waals surface area contributed by atoms with Crippen LogP contribution in [0.15, 0.2) is 36.4 Å². The molecule has 0 unspecified atom stereocenters. The molecule has 0 radical (unpaired) electrons. The van der Waals surface area contributed by atoms with Crippen molar-refractivity contribution < 1.29 is 102 Å². The minimum absolute atomic E-state index is 0.00273. The van der Waals surface area contributed by atoms with E-state index >= 15 is 65.9 Å². The molecule has 0 bridgehead atoms. The van der Waals surface area contributed by atoms with Crippen LogP contribution in [0.3, 0.4) is 0 Å². The zero-order valence-electron chi connectivity index (χ0n) is 30.8. The Bertz CT molecular complexity index is 3670. The second-order valence-electron chi connectivity index (χ2n) is 14.0. The van der Waals surface area contributed by atoms with Crippen molar-refractivity contribution in [2.24, 2.45) is 0 Å². The van der Waals surface area contributed by atoms with Crippen LogP contribution in [0.2, 0.25) is 0 Å². The normalized spacial score (nSPS) is 12.0. The first kappa shape index (κ1) is 44.0. The molecule has 66 heavy (non-hydrogen) atoms. The quantitative estimate of drug-likeness (QED) is 0.0413. The lowest BCUT2D eigenvalue weighted by Crippen LogP contribution is -2.46. The summed E-state index contributed by atoms with van der Waals surface area (Å²) in [7, 11) is -3.73. The molecule has 0 N–H and O–H groups in total. The molecule has 0 aliphatic carbocycles. The number of rotatable bonds is 6. The average Bonchev–Trinajstić information content (AvgIpc) is 3.28. The Morgan fingerprint density at radius 3 is 1.20 bits per heavy atom. The minimum atomic E-state index is -3.73. The lowest BCUT2D eigenvalue weighted by atomic mass is 9.72. The van der Waals surface area contributed by atoms with Gasteiger partial charge in [0.25, 0.3) is 0 Å². The topological polar surface area (TPSA) is 18.5 Å². The monoisotopic (exact) mass is 952 g/mol. The maximum Gasteiger partial charge on any atom is 0.636 e. The molecule has 0 aromatic heterocycles. The number of para-hydroxylation sites is 1. The van der Waals surface area contributed by atoms with E-state index in [1.807, 2.05) is 0 Å². The molecule has 0 heterocycles. The molecule has 9 aromatic rings. The van der Waals surface area contributed by atoms with Gasteiger partial charge >= 0.3 is 7.12 Å². The molecule has 0 atom stereocenters. The van der Waals surface area contributed by atoms with Crippen molar-refractivity contribution in [3.05, 3.63) is 159 Å². The van der Waals surface area contributed by atoms with Crippen LogP contribution in [-0.4, -0.2) is 7.12 Å². The van der Waals surface area contributed by atoms with Gasteiger partial charge in [0.1, 0.15) is 23.2 Å². The van der Waals surface area contributed by atoms with Crippen LogP contribution < -0.4 is 14.8 Å². The van der Waals surface area contributed by atoms with Gasteiger partial charge < -0.3 is 9.31 Å². The molecule has 0 saturated heterocycles. The highest BCUT2D eigenvalue weighted by atomic mass is 19.2. The second kappa shape index (κ2) is 14.9. The summed E-state index contributed by atoms with van der Waals surface area (Å²) in [6.45, 7) is 0. The van der Waals surface area contributed by atoms with Gasteiger partial charge in [-0.05, 0) is 12.1 Å². The standard InChI is InChI=1S/C42H6BF21O2/c44-7-5-9(23(46)10(45)6-7)8-3-1-2-4-11(8)65-43(66-42-21-20(35(58)40(63)41(42)64)24(47)18-19(25(21)48)34(57)39(62)38(61)33(18)56)22-14-12-13-16(27(50)26(14)49)31(54)37(60)32(55)17(13)29(52)28(51)15(12)30(53)36(22)59/h1-6H. The van der Waals surface area contributed by atoms with Crippen LogP contribution in [0.4, 0.5) is 92.2 Å². The molecule has 0 aliphatic heterocycles. The van der Waals surface area contributed by atoms with E-state index in [2.05, 4.69) is 0 Å². The van der Waals surface area contributed by atoms with E-state index in [1.54, 1.807) is 0 Å². The van der Waals surface area contributed by atoms with Gasteiger partial charge in [-0.2, -0.15) is 4.39 Å². The summed E-state index contributed by atoms with van der Waals surface area (Å²) in [6, 6.07) is 3.29. The summed E-state index contributed by atoms with van der Waals surface area (Å²) in [5.41, 5.74) is -4.39. The lowest BCUT2D eigenvalue weighted by Gasteiger charge is -2.24. The smallest absolute Gasteiger partial charge is 0.521 e. The van der Waals surface area contributed by atoms with Gasteiger partial charge in [0.05, 0.1) is 43.2 Å².